The van der Waals surface area contributed by atoms with Gasteiger partial charge >= 0.3 is 0 Å². The maximum atomic E-state index is 12.7. The molecule has 6 nitrogen and oxygen atoms in total. The topological polar surface area (TPSA) is 77.5 Å². The van der Waals surface area contributed by atoms with Gasteiger partial charge in [0.15, 0.2) is 0 Å². The molecule has 0 saturated carbocycles. The van der Waals surface area contributed by atoms with Gasteiger partial charge in [-0.05, 0) is 60.9 Å². The molecule has 0 saturated heterocycles. The van der Waals surface area contributed by atoms with E-state index in [9.17, 15) is 8.42 Å². The van der Waals surface area contributed by atoms with Crippen LogP contribution in [0.5, 0.6) is 17.4 Å². The van der Waals surface area contributed by atoms with Crippen molar-refractivity contribution in [2.24, 2.45) is 0 Å². The molecule has 7 heteroatoms. The molecule has 1 heterocycles. The number of ether oxygens (including phenoxy) is 2. The lowest BCUT2D eigenvalue weighted by Gasteiger charge is -2.13. The Labute approximate surface area is 165 Å². The van der Waals surface area contributed by atoms with Gasteiger partial charge in [-0.25, -0.2) is 18.1 Å². The van der Waals surface area contributed by atoms with Gasteiger partial charge in [-0.3, -0.25) is 0 Å². The number of nitrogens with zero attached hydrogens (tertiary/aromatic N) is 1. The average molecular weight is 398 g/mol. The van der Waals surface area contributed by atoms with Crippen LogP contribution in [-0.2, 0) is 16.6 Å². The van der Waals surface area contributed by atoms with E-state index in [1.54, 1.807) is 49.7 Å². The van der Waals surface area contributed by atoms with Crippen molar-refractivity contribution in [2.45, 2.75) is 25.3 Å². The van der Waals surface area contributed by atoms with Crippen molar-refractivity contribution in [3.8, 4) is 17.4 Å². The number of nitrogens with one attached hydrogen (secondary N) is 1. The molecule has 146 valence electrons. The van der Waals surface area contributed by atoms with E-state index in [0.717, 1.165) is 16.7 Å². The van der Waals surface area contributed by atoms with Gasteiger partial charge in [0.2, 0.25) is 15.9 Å². The summed E-state index contributed by atoms with van der Waals surface area (Å²) in [7, 11) is -2.09. The molecule has 0 spiro atoms. The van der Waals surface area contributed by atoms with Crippen LogP contribution in [0.2, 0.25) is 0 Å². The maximum Gasteiger partial charge on any atom is 0.240 e. The van der Waals surface area contributed by atoms with Crippen molar-refractivity contribution in [1.82, 2.24) is 9.71 Å². The Kier molecular flexibility index (Phi) is 5.96. The molecular formula is C21H22N2O4S. The normalized spacial score (nSPS) is 11.2. The van der Waals surface area contributed by atoms with E-state index in [2.05, 4.69) is 9.71 Å². The fourth-order valence-electron chi connectivity index (χ4n) is 2.90. The second kappa shape index (κ2) is 8.41. The minimum Gasteiger partial charge on any atom is -0.496 e. The third kappa shape index (κ3) is 4.68. The van der Waals surface area contributed by atoms with Crippen molar-refractivity contribution in [2.75, 3.05) is 7.11 Å². The van der Waals surface area contributed by atoms with Gasteiger partial charge in [-0.15, -0.1) is 0 Å². The molecular weight excluding hydrogens is 376 g/mol. The molecule has 0 aliphatic rings. The average Bonchev–Trinajstić information content (AvgIpc) is 2.67. The molecule has 0 fully saturated rings. The first-order chi connectivity index (χ1) is 13.4. The lowest BCUT2D eigenvalue weighted by atomic mass is 10.1. The van der Waals surface area contributed by atoms with Crippen molar-refractivity contribution in [3.63, 3.8) is 0 Å². The smallest absolute Gasteiger partial charge is 0.240 e. The molecule has 0 aliphatic carbocycles. The Morgan fingerprint density at radius 2 is 1.75 bits per heavy atom. The Bertz CT molecular complexity index is 1040. The van der Waals surface area contributed by atoms with Gasteiger partial charge in [-0.1, -0.05) is 18.2 Å². The Morgan fingerprint density at radius 1 is 1.00 bits per heavy atom. The van der Waals surface area contributed by atoms with E-state index in [1.165, 1.54) is 0 Å². The van der Waals surface area contributed by atoms with Gasteiger partial charge in [-0.2, -0.15) is 0 Å². The number of rotatable bonds is 7. The first-order valence-corrected chi connectivity index (χ1v) is 10.2. The molecule has 3 aromatic rings. The van der Waals surface area contributed by atoms with E-state index in [0.29, 0.717) is 17.4 Å². The quantitative estimate of drug-likeness (QED) is 0.651. The zero-order chi connectivity index (χ0) is 20.1. The van der Waals surface area contributed by atoms with Crippen LogP contribution in [0.3, 0.4) is 0 Å². The van der Waals surface area contributed by atoms with Crippen molar-refractivity contribution in [1.29, 1.82) is 0 Å². The number of aryl methyl sites for hydroxylation is 2. The van der Waals surface area contributed by atoms with Crippen molar-refractivity contribution < 1.29 is 17.9 Å². The van der Waals surface area contributed by atoms with Gasteiger partial charge in [0.05, 0.1) is 12.0 Å². The minimum absolute atomic E-state index is 0.145. The fraction of sp³-hybridized carbons (Fsp3) is 0.190. The molecule has 3 rings (SSSR count). The summed E-state index contributed by atoms with van der Waals surface area (Å²) in [6.45, 7) is 3.79. The zero-order valence-corrected chi connectivity index (χ0v) is 16.8. The van der Waals surface area contributed by atoms with Crippen LogP contribution >= 0.6 is 0 Å². The number of benzene rings is 2. The Morgan fingerprint density at radius 3 is 2.39 bits per heavy atom. The Balaban J connectivity index is 1.74. The second-order valence-electron chi connectivity index (χ2n) is 6.33. The summed E-state index contributed by atoms with van der Waals surface area (Å²) in [6, 6.07) is 15.8. The lowest BCUT2D eigenvalue weighted by molar-refractivity contribution is 0.408. The highest BCUT2D eigenvalue weighted by Crippen LogP contribution is 2.26. The van der Waals surface area contributed by atoms with E-state index in [-0.39, 0.29) is 11.4 Å². The third-order valence-corrected chi connectivity index (χ3v) is 5.55. The van der Waals surface area contributed by atoms with Crippen LogP contribution in [0.4, 0.5) is 0 Å². The highest BCUT2D eigenvalue weighted by molar-refractivity contribution is 7.89. The molecule has 0 amide bonds. The van der Waals surface area contributed by atoms with Gasteiger partial charge in [0, 0.05) is 18.8 Å². The number of methoxy groups -OCH3 is 1. The maximum absolute atomic E-state index is 12.7. The molecule has 1 N–H and O–H groups in total. The molecule has 0 radical (unpaired) electrons. The summed E-state index contributed by atoms with van der Waals surface area (Å²) in [6.07, 6.45) is 1.64. The monoisotopic (exact) mass is 398 g/mol. The minimum atomic E-state index is -3.66. The molecule has 2 aromatic carbocycles. The van der Waals surface area contributed by atoms with E-state index >= 15 is 0 Å². The fourth-order valence-corrected chi connectivity index (χ4v) is 4.08. The molecule has 0 aliphatic heterocycles. The van der Waals surface area contributed by atoms with Gasteiger partial charge in [0.1, 0.15) is 11.5 Å². The van der Waals surface area contributed by atoms with E-state index < -0.39 is 10.0 Å². The molecule has 1 aromatic heterocycles. The number of hydrogen-bond acceptors (Lipinski definition) is 5. The number of pyridine rings is 1. The van der Waals surface area contributed by atoms with E-state index in [4.69, 9.17) is 9.47 Å². The summed E-state index contributed by atoms with van der Waals surface area (Å²) < 4.78 is 39.0. The van der Waals surface area contributed by atoms with Crippen molar-refractivity contribution >= 4 is 10.0 Å². The Hall–Kier alpha value is -2.90. The standard InChI is InChI=1S/C21H22N2O4S/c1-15-11-19(12-16(2)21(15)26-3)28(24,25)23-14-17-7-6-8-18(13-17)27-20-9-4-5-10-22-20/h4-13,23H,14H2,1-3H3. The van der Waals surface area contributed by atoms with Gasteiger partial charge in [0.25, 0.3) is 0 Å². The summed E-state index contributed by atoms with van der Waals surface area (Å²) in [5.74, 6) is 1.76. The highest BCUT2D eigenvalue weighted by atomic mass is 32.2. The second-order valence-corrected chi connectivity index (χ2v) is 8.10. The first kappa shape index (κ1) is 19.9. The van der Waals surface area contributed by atoms with E-state index in [1.807, 2.05) is 32.0 Å². The predicted octanol–water partition coefficient (Wildman–Crippen LogP) is 3.98. The first-order valence-electron chi connectivity index (χ1n) is 8.72. The van der Waals surface area contributed by atoms with Crippen LogP contribution in [-0.4, -0.2) is 20.5 Å². The van der Waals surface area contributed by atoms with Gasteiger partial charge < -0.3 is 9.47 Å². The molecule has 28 heavy (non-hydrogen) atoms. The molecule has 0 atom stereocenters. The van der Waals surface area contributed by atoms with Crippen LogP contribution in [0.1, 0.15) is 16.7 Å². The van der Waals surface area contributed by atoms with Crippen LogP contribution in [0.25, 0.3) is 0 Å². The van der Waals surface area contributed by atoms with Crippen molar-refractivity contribution in [3.05, 3.63) is 77.5 Å². The third-order valence-electron chi connectivity index (χ3n) is 4.17. The predicted molar refractivity (Wildman–Crippen MR) is 107 cm³/mol. The SMILES string of the molecule is COc1c(C)cc(S(=O)(=O)NCc2cccc(Oc3ccccn3)c2)cc1C. The largest absolute Gasteiger partial charge is 0.496 e. The summed E-state index contributed by atoms with van der Waals surface area (Å²) in [4.78, 5) is 4.33. The van der Waals surface area contributed by atoms with Crippen LogP contribution < -0.4 is 14.2 Å². The van der Waals surface area contributed by atoms with Crippen LogP contribution in [0, 0.1) is 13.8 Å². The summed E-state index contributed by atoms with van der Waals surface area (Å²) in [5, 5.41) is 0. The van der Waals surface area contributed by atoms with Crippen LogP contribution in [0.15, 0.2) is 65.7 Å². The summed E-state index contributed by atoms with van der Waals surface area (Å²) in [5.41, 5.74) is 2.32. The molecule has 0 bridgehead atoms. The summed E-state index contributed by atoms with van der Waals surface area (Å²) >= 11 is 0. The molecule has 0 unspecified atom stereocenters. The number of hydrogen-bond donors (Lipinski definition) is 1. The number of aromatic nitrogens is 1. The lowest BCUT2D eigenvalue weighted by Crippen LogP contribution is -2.23. The number of sulfonamides is 1. The zero-order valence-electron chi connectivity index (χ0n) is 16.0. The highest BCUT2D eigenvalue weighted by Gasteiger charge is 2.17.